The molecule has 2 nitrogen and oxygen atoms in total. The Labute approximate surface area is 91.5 Å². The van der Waals surface area contributed by atoms with Crippen LogP contribution in [0, 0.1) is 11.6 Å². The third-order valence-electron chi connectivity index (χ3n) is 2.36. The summed E-state index contributed by atoms with van der Waals surface area (Å²) in [6, 6.07) is 3.80. The molecule has 0 amide bonds. The molecule has 0 aliphatic carbocycles. The second-order valence-corrected chi connectivity index (χ2v) is 3.52. The van der Waals surface area contributed by atoms with Crippen molar-refractivity contribution in [3.63, 3.8) is 0 Å². The van der Waals surface area contributed by atoms with Gasteiger partial charge in [-0.15, -0.1) is 0 Å². The number of ether oxygens (including phenoxy) is 1. The smallest absolute Gasteiger partial charge is 0.201 e. The predicted octanol–water partition coefficient (Wildman–Crippen LogP) is 2.38. The van der Waals surface area contributed by atoms with E-state index < -0.39 is 11.6 Å². The van der Waals surface area contributed by atoms with Gasteiger partial charge in [0.15, 0.2) is 17.4 Å². The number of carbonyl (C=O) groups is 1. The van der Waals surface area contributed by atoms with Gasteiger partial charge in [0.1, 0.15) is 0 Å². The van der Waals surface area contributed by atoms with E-state index in [9.17, 15) is 13.6 Å². The fraction of sp³-hybridized carbons (Fsp3) is 0.250. The predicted molar refractivity (Wildman–Crippen MR) is 53.7 cm³/mol. The molecule has 0 bridgehead atoms. The lowest BCUT2D eigenvalue weighted by Gasteiger charge is -2.04. The van der Waals surface area contributed by atoms with Gasteiger partial charge in [-0.05, 0) is 17.7 Å². The van der Waals surface area contributed by atoms with Gasteiger partial charge in [-0.1, -0.05) is 12.1 Å². The number of benzene rings is 1. The molecule has 1 aliphatic rings. The highest BCUT2D eigenvalue weighted by atomic mass is 19.2. The number of ketones is 1. The summed E-state index contributed by atoms with van der Waals surface area (Å²) < 4.78 is 31.2. The van der Waals surface area contributed by atoms with Crippen LogP contribution in [0.4, 0.5) is 8.78 Å². The van der Waals surface area contributed by atoms with Gasteiger partial charge in [0, 0.05) is 12.8 Å². The molecule has 84 valence electrons. The van der Waals surface area contributed by atoms with Crippen molar-refractivity contribution < 1.29 is 18.3 Å². The van der Waals surface area contributed by atoms with Crippen molar-refractivity contribution in [2.75, 3.05) is 6.61 Å². The van der Waals surface area contributed by atoms with E-state index in [-0.39, 0.29) is 23.5 Å². The quantitative estimate of drug-likeness (QED) is 0.787. The average molecular weight is 224 g/mol. The van der Waals surface area contributed by atoms with Crippen molar-refractivity contribution >= 4 is 5.78 Å². The first-order chi connectivity index (χ1) is 7.68. The molecule has 0 saturated heterocycles. The van der Waals surface area contributed by atoms with Crippen LogP contribution in [-0.2, 0) is 16.0 Å². The maximum absolute atomic E-state index is 13.3. The lowest BCUT2D eigenvalue weighted by molar-refractivity contribution is -0.117. The summed E-state index contributed by atoms with van der Waals surface area (Å²) in [7, 11) is 0. The van der Waals surface area contributed by atoms with E-state index in [1.807, 2.05) is 0 Å². The van der Waals surface area contributed by atoms with Crippen LogP contribution in [0.3, 0.4) is 0 Å². The molecule has 1 aromatic rings. The number of hydrogen-bond donors (Lipinski definition) is 0. The summed E-state index contributed by atoms with van der Waals surface area (Å²) in [5.41, 5.74) is 0.0569. The van der Waals surface area contributed by atoms with Crippen LogP contribution in [0.15, 0.2) is 30.0 Å². The Bertz CT molecular complexity index is 452. The van der Waals surface area contributed by atoms with Gasteiger partial charge in [0.05, 0.1) is 6.61 Å². The third kappa shape index (κ3) is 2.10. The SMILES string of the molecule is O=C(Cc1cccc(F)c1F)C1=CCCO1. The molecule has 4 heteroatoms. The van der Waals surface area contributed by atoms with Crippen molar-refractivity contribution in [3.8, 4) is 0 Å². The summed E-state index contributed by atoms with van der Waals surface area (Å²) >= 11 is 0. The molecule has 0 fully saturated rings. The molecule has 1 heterocycles. The Balaban J connectivity index is 2.14. The Morgan fingerprint density at radius 1 is 1.38 bits per heavy atom. The highest BCUT2D eigenvalue weighted by molar-refractivity contribution is 5.95. The van der Waals surface area contributed by atoms with Crippen molar-refractivity contribution in [3.05, 3.63) is 47.2 Å². The average Bonchev–Trinajstić information content (AvgIpc) is 2.78. The summed E-state index contributed by atoms with van der Waals surface area (Å²) in [5, 5.41) is 0. The topological polar surface area (TPSA) is 26.3 Å². The van der Waals surface area contributed by atoms with Crippen molar-refractivity contribution in [2.45, 2.75) is 12.8 Å². The van der Waals surface area contributed by atoms with Crippen molar-refractivity contribution in [2.24, 2.45) is 0 Å². The largest absolute Gasteiger partial charge is 0.490 e. The van der Waals surface area contributed by atoms with E-state index in [4.69, 9.17) is 4.74 Å². The summed E-state index contributed by atoms with van der Waals surface area (Å²) in [6.45, 7) is 0.479. The lowest BCUT2D eigenvalue weighted by Crippen LogP contribution is -2.08. The molecule has 0 aromatic heterocycles. The van der Waals surface area contributed by atoms with Crippen LogP contribution < -0.4 is 0 Å². The molecule has 0 unspecified atom stereocenters. The molecular weight excluding hydrogens is 214 g/mol. The van der Waals surface area contributed by atoms with Crippen LogP contribution in [0.1, 0.15) is 12.0 Å². The maximum atomic E-state index is 13.3. The van der Waals surface area contributed by atoms with Gasteiger partial charge in [-0.3, -0.25) is 4.79 Å². The second kappa shape index (κ2) is 4.43. The normalized spacial score (nSPS) is 14.5. The second-order valence-electron chi connectivity index (χ2n) is 3.52. The summed E-state index contributed by atoms with van der Waals surface area (Å²) in [4.78, 5) is 11.6. The highest BCUT2D eigenvalue weighted by Gasteiger charge is 2.18. The third-order valence-corrected chi connectivity index (χ3v) is 2.36. The molecule has 0 radical (unpaired) electrons. The molecule has 0 spiro atoms. The van der Waals surface area contributed by atoms with Gasteiger partial charge >= 0.3 is 0 Å². The standard InChI is InChI=1S/C12H10F2O2/c13-9-4-1-3-8(12(9)14)7-10(15)11-5-2-6-16-11/h1,3-5H,2,6-7H2. The number of carbonyl (C=O) groups excluding carboxylic acids is 1. The summed E-state index contributed by atoms with van der Waals surface area (Å²) in [5.74, 6) is -1.97. The van der Waals surface area contributed by atoms with Crippen molar-refractivity contribution in [1.82, 2.24) is 0 Å². The molecular formula is C12H10F2O2. The summed E-state index contributed by atoms with van der Waals surface area (Å²) in [6.07, 6.45) is 2.18. The van der Waals surface area contributed by atoms with Crippen LogP contribution in [0.2, 0.25) is 0 Å². The van der Waals surface area contributed by atoms with Gasteiger partial charge in [-0.25, -0.2) is 8.78 Å². The van der Waals surface area contributed by atoms with Crippen LogP contribution in [-0.4, -0.2) is 12.4 Å². The molecule has 2 rings (SSSR count). The number of hydrogen-bond acceptors (Lipinski definition) is 2. The van der Waals surface area contributed by atoms with Gasteiger partial charge in [0.25, 0.3) is 0 Å². The van der Waals surface area contributed by atoms with E-state index in [1.165, 1.54) is 12.1 Å². The van der Waals surface area contributed by atoms with E-state index in [1.54, 1.807) is 6.08 Å². The van der Waals surface area contributed by atoms with Gasteiger partial charge < -0.3 is 4.74 Å². The minimum Gasteiger partial charge on any atom is -0.490 e. The first-order valence-corrected chi connectivity index (χ1v) is 4.97. The molecule has 16 heavy (non-hydrogen) atoms. The van der Waals surface area contributed by atoms with Gasteiger partial charge in [-0.2, -0.15) is 0 Å². The number of rotatable bonds is 3. The molecule has 1 aliphatic heterocycles. The van der Waals surface area contributed by atoms with Crippen molar-refractivity contribution in [1.29, 1.82) is 0 Å². The lowest BCUT2D eigenvalue weighted by atomic mass is 10.1. The fourth-order valence-electron chi connectivity index (χ4n) is 1.56. The Morgan fingerprint density at radius 2 is 2.19 bits per heavy atom. The zero-order valence-corrected chi connectivity index (χ0v) is 8.50. The van der Waals surface area contributed by atoms with E-state index >= 15 is 0 Å². The first kappa shape index (κ1) is 10.8. The van der Waals surface area contributed by atoms with E-state index in [2.05, 4.69) is 0 Å². The van der Waals surface area contributed by atoms with Crippen LogP contribution >= 0.6 is 0 Å². The van der Waals surface area contributed by atoms with Crippen LogP contribution in [0.25, 0.3) is 0 Å². The minimum atomic E-state index is -0.963. The molecule has 0 saturated carbocycles. The highest BCUT2D eigenvalue weighted by Crippen LogP contribution is 2.16. The molecule has 0 atom stereocenters. The number of halogens is 2. The minimum absolute atomic E-state index is 0.0569. The molecule has 0 N–H and O–H groups in total. The maximum Gasteiger partial charge on any atom is 0.201 e. The zero-order valence-electron chi connectivity index (χ0n) is 8.50. The number of allylic oxidation sites excluding steroid dienone is 1. The van der Waals surface area contributed by atoms with E-state index in [0.717, 1.165) is 6.07 Å². The van der Waals surface area contributed by atoms with Crippen LogP contribution in [0.5, 0.6) is 0 Å². The zero-order chi connectivity index (χ0) is 11.5. The first-order valence-electron chi connectivity index (χ1n) is 4.97. The number of Topliss-reactive ketones (excluding diaryl/α,β-unsaturated/α-hetero) is 1. The Hall–Kier alpha value is -1.71. The fourth-order valence-corrected chi connectivity index (χ4v) is 1.56. The Morgan fingerprint density at radius 3 is 2.88 bits per heavy atom. The Kier molecular flexibility index (Phi) is 2.99. The van der Waals surface area contributed by atoms with E-state index in [0.29, 0.717) is 13.0 Å². The van der Waals surface area contributed by atoms with Gasteiger partial charge in [0.2, 0.25) is 5.78 Å². The molecule has 1 aromatic carbocycles. The monoisotopic (exact) mass is 224 g/mol.